The zero-order valence-electron chi connectivity index (χ0n) is 11.1. The summed E-state index contributed by atoms with van der Waals surface area (Å²) in [7, 11) is 0. The van der Waals surface area contributed by atoms with E-state index in [1.807, 2.05) is 11.3 Å². The molecule has 3 heterocycles. The number of nitrogens with zero attached hydrogens (tertiary/aromatic N) is 3. The van der Waals surface area contributed by atoms with Gasteiger partial charge in [0.15, 0.2) is 4.96 Å². The molecule has 2 aromatic heterocycles. The topological polar surface area (TPSA) is 20.5 Å². The Labute approximate surface area is 116 Å². The second kappa shape index (κ2) is 4.32. The molecule has 0 saturated carbocycles. The quantitative estimate of drug-likeness (QED) is 0.713. The fraction of sp³-hybridized carbons (Fsp3) is 0.400. The molecule has 3 aromatic rings. The Morgan fingerprint density at radius 1 is 1.32 bits per heavy atom. The fourth-order valence-electron chi connectivity index (χ4n) is 3.05. The van der Waals surface area contributed by atoms with Crippen molar-refractivity contribution in [1.29, 1.82) is 0 Å². The summed E-state index contributed by atoms with van der Waals surface area (Å²) < 4.78 is 2.37. The summed E-state index contributed by atoms with van der Waals surface area (Å²) in [5.41, 5.74) is 3.87. The second-order valence-electron chi connectivity index (χ2n) is 5.22. The number of hydrogen-bond acceptors (Lipinski definition) is 3. The van der Waals surface area contributed by atoms with Gasteiger partial charge in [0.05, 0.1) is 11.0 Å². The molecule has 0 saturated heterocycles. The van der Waals surface area contributed by atoms with Crippen LogP contribution in [0.1, 0.15) is 23.9 Å². The van der Waals surface area contributed by atoms with E-state index in [0.717, 1.165) is 23.4 Å². The number of imidazole rings is 1. The van der Waals surface area contributed by atoms with Gasteiger partial charge in [-0.1, -0.05) is 30.4 Å². The van der Waals surface area contributed by atoms with Crippen molar-refractivity contribution in [2.45, 2.75) is 26.3 Å². The lowest BCUT2D eigenvalue weighted by Crippen LogP contribution is -2.30. The van der Waals surface area contributed by atoms with Crippen molar-refractivity contribution in [3.63, 3.8) is 0 Å². The van der Waals surface area contributed by atoms with Crippen LogP contribution in [0, 0.1) is 0 Å². The van der Waals surface area contributed by atoms with Crippen LogP contribution in [0.25, 0.3) is 16.0 Å². The van der Waals surface area contributed by atoms with Crippen LogP contribution in [-0.4, -0.2) is 27.4 Å². The minimum Gasteiger partial charge on any atom is -0.298 e. The lowest BCUT2D eigenvalue weighted by Gasteiger charge is -2.25. The molecule has 0 spiro atoms. The molecule has 0 bridgehead atoms. The summed E-state index contributed by atoms with van der Waals surface area (Å²) >= 11 is 1.87. The summed E-state index contributed by atoms with van der Waals surface area (Å²) in [4.78, 5) is 9.97. The summed E-state index contributed by atoms with van der Waals surface area (Å²) in [5.74, 6) is 0. The van der Waals surface area contributed by atoms with E-state index in [1.54, 1.807) is 0 Å². The number of benzene rings is 1. The minimum absolute atomic E-state index is 1.10. The molecule has 1 aliphatic rings. The van der Waals surface area contributed by atoms with E-state index < -0.39 is 0 Å². The van der Waals surface area contributed by atoms with Gasteiger partial charge in [-0.2, -0.15) is 0 Å². The Balaban J connectivity index is 1.87. The molecule has 0 fully saturated rings. The Kier molecular flexibility index (Phi) is 2.60. The van der Waals surface area contributed by atoms with Gasteiger partial charge in [0, 0.05) is 30.1 Å². The third-order valence-electron chi connectivity index (χ3n) is 3.91. The van der Waals surface area contributed by atoms with Crippen LogP contribution in [0.4, 0.5) is 0 Å². The average Bonchev–Trinajstić information content (AvgIpc) is 2.93. The zero-order valence-corrected chi connectivity index (χ0v) is 11.9. The summed E-state index contributed by atoms with van der Waals surface area (Å²) in [6, 6.07) is 8.45. The van der Waals surface area contributed by atoms with Gasteiger partial charge in [-0.25, -0.2) is 4.98 Å². The van der Waals surface area contributed by atoms with Crippen LogP contribution in [0.5, 0.6) is 0 Å². The number of thiazole rings is 1. The second-order valence-corrected chi connectivity index (χ2v) is 6.28. The van der Waals surface area contributed by atoms with Crippen LogP contribution in [-0.2, 0) is 13.0 Å². The van der Waals surface area contributed by atoms with Crippen molar-refractivity contribution in [2.24, 2.45) is 0 Å². The van der Waals surface area contributed by atoms with Gasteiger partial charge in [0.1, 0.15) is 0 Å². The van der Waals surface area contributed by atoms with Crippen LogP contribution in [0.2, 0.25) is 0 Å². The summed E-state index contributed by atoms with van der Waals surface area (Å²) in [5, 5.41) is 0. The molecule has 19 heavy (non-hydrogen) atoms. The Morgan fingerprint density at radius 3 is 3.11 bits per heavy atom. The normalized spacial score (nSPS) is 16.3. The SMILES string of the molecule is CCCN1CCc2c(sc3nc4ccccc4n23)C1. The number of aromatic nitrogens is 2. The van der Waals surface area contributed by atoms with Crippen LogP contribution in [0.15, 0.2) is 24.3 Å². The number of para-hydroxylation sites is 2. The molecule has 3 nitrogen and oxygen atoms in total. The van der Waals surface area contributed by atoms with E-state index >= 15 is 0 Å². The highest BCUT2D eigenvalue weighted by Gasteiger charge is 2.22. The number of rotatable bonds is 2. The molecule has 0 aliphatic carbocycles. The monoisotopic (exact) mass is 271 g/mol. The van der Waals surface area contributed by atoms with Crippen molar-refractivity contribution in [1.82, 2.24) is 14.3 Å². The van der Waals surface area contributed by atoms with E-state index in [0.29, 0.717) is 0 Å². The maximum absolute atomic E-state index is 4.75. The molecule has 0 radical (unpaired) electrons. The van der Waals surface area contributed by atoms with Gasteiger partial charge < -0.3 is 0 Å². The lowest BCUT2D eigenvalue weighted by atomic mass is 10.1. The molecular weight excluding hydrogens is 254 g/mol. The van der Waals surface area contributed by atoms with E-state index in [1.165, 1.54) is 35.6 Å². The summed E-state index contributed by atoms with van der Waals surface area (Å²) in [6.07, 6.45) is 2.39. The van der Waals surface area contributed by atoms with E-state index in [4.69, 9.17) is 4.98 Å². The third kappa shape index (κ3) is 1.70. The Morgan fingerprint density at radius 2 is 2.21 bits per heavy atom. The minimum atomic E-state index is 1.10. The molecule has 0 N–H and O–H groups in total. The fourth-order valence-corrected chi connectivity index (χ4v) is 4.28. The van der Waals surface area contributed by atoms with Crippen molar-refractivity contribution in [3.05, 3.63) is 34.8 Å². The van der Waals surface area contributed by atoms with Crippen LogP contribution in [0.3, 0.4) is 0 Å². The Hall–Kier alpha value is -1.39. The molecular formula is C15H17N3S. The van der Waals surface area contributed by atoms with Crippen molar-refractivity contribution in [3.8, 4) is 0 Å². The highest BCUT2D eigenvalue weighted by molar-refractivity contribution is 7.17. The maximum atomic E-state index is 4.75. The largest absolute Gasteiger partial charge is 0.298 e. The predicted octanol–water partition coefficient (Wildman–Crippen LogP) is 3.32. The van der Waals surface area contributed by atoms with Gasteiger partial charge >= 0.3 is 0 Å². The first-order chi connectivity index (χ1) is 9.36. The molecule has 98 valence electrons. The van der Waals surface area contributed by atoms with E-state index in [2.05, 4.69) is 40.5 Å². The van der Waals surface area contributed by atoms with Crippen molar-refractivity contribution in [2.75, 3.05) is 13.1 Å². The van der Waals surface area contributed by atoms with Gasteiger partial charge in [-0.15, -0.1) is 0 Å². The lowest BCUT2D eigenvalue weighted by molar-refractivity contribution is 0.256. The van der Waals surface area contributed by atoms with Crippen LogP contribution >= 0.6 is 11.3 Å². The number of hydrogen-bond donors (Lipinski definition) is 0. The molecule has 0 atom stereocenters. The first-order valence-electron chi connectivity index (χ1n) is 6.97. The predicted molar refractivity (Wildman–Crippen MR) is 79.8 cm³/mol. The summed E-state index contributed by atoms with van der Waals surface area (Å²) in [6.45, 7) is 5.75. The van der Waals surface area contributed by atoms with Crippen LogP contribution < -0.4 is 0 Å². The number of fused-ring (bicyclic) bond motifs is 5. The zero-order chi connectivity index (χ0) is 12.8. The first kappa shape index (κ1) is 11.4. The molecule has 4 heteroatoms. The van der Waals surface area contributed by atoms with E-state index in [-0.39, 0.29) is 0 Å². The van der Waals surface area contributed by atoms with Crippen molar-refractivity contribution < 1.29 is 0 Å². The molecule has 4 rings (SSSR count). The molecule has 1 aliphatic heterocycles. The highest BCUT2D eigenvalue weighted by Crippen LogP contribution is 2.31. The van der Waals surface area contributed by atoms with Gasteiger partial charge in [0.25, 0.3) is 0 Å². The highest BCUT2D eigenvalue weighted by atomic mass is 32.1. The smallest absolute Gasteiger partial charge is 0.195 e. The average molecular weight is 271 g/mol. The third-order valence-corrected chi connectivity index (χ3v) is 4.98. The van der Waals surface area contributed by atoms with Gasteiger partial charge in [-0.3, -0.25) is 9.30 Å². The standard InChI is InChI=1S/C15H17N3S/c1-2-8-17-9-7-13-14(10-17)19-15-16-11-5-3-4-6-12(11)18(13)15/h3-6H,2,7-10H2,1H3. The maximum Gasteiger partial charge on any atom is 0.195 e. The Bertz CT molecular complexity index is 740. The molecule has 0 unspecified atom stereocenters. The van der Waals surface area contributed by atoms with E-state index in [9.17, 15) is 0 Å². The molecule has 0 amide bonds. The van der Waals surface area contributed by atoms with Crippen molar-refractivity contribution >= 4 is 27.3 Å². The van der Waals surface area contributed by atoms with Gasteiger partial charge in [-0.05, 0) is 25.1 Å². The molecule has 1 aromatic carbocycles. The first-order valence-corrected chi connectivity index (χ1v) is 7.78. The van der Waals surface area contributed by atoms with Gasteiger partial charge in [0.2, 0.25) is 0 Å².